The molecule has 1 aliphatic heterocycles. The Morgan fingerprint density at radius 1 is 0.786 bits per heavy atom. The van der Waals surface area contributed by atoms with E-state index in [0.717, 1.165) is 39.8 Å². The summed E-state index contributed by atoms with van der Waals surface area (Å²) in [4.78, 5) is 10.1. The summed E-state index contributed by atoms with van der Waals surface area (Å²) in [6.45, 7) is 7.19. The summed E-state index contributed by atoms with van der Waals surface area (Å²) >= 11 is 0. The molecule has 0 saturated carbocycles. The van der Waals surface area contributed by atoms with Gasteiger partial charge in [0.05, 0.1) is 23.6 Å². The van der Waals surface area contributed by atoms with Gasteiger partial charge in [0.2, 0.25) is 0 Å². The van der Waals surface area contributed by atoms with Gasteiger partial charge in [-0.25, -0.2) is 4.85 Å². The maximum absolute atomic E-state index is 7.19. The van der Waals surface area contributed by atoms with E-state index >= 15 is 0 Å². The number of fused-ring (bicyclic) bond motifs is 2. The number of nitrogens with zero attached hydrogens (tertiary/aromatic N) is 3. The third kappa shape index (κ3) is 2.67. The lowest BCUT2D eigenvalue weighted by molar-refractivity contribution is 0.477. The molecule has 0 atom stereocenters. The highest BCUT2D eigenvalue weighted by Gasteiger charge is 2.24. The number of ether oxygens (including phenoxy) is 1. The third-order valence-corrected chi connectivity index (χ3v) is 4.73. The summed E-state index contributed by atoms with van der Waals surface area (Å²) in [7, 11) is 0. The third-order valence-electron chi connectivity index (χ3n) is 4.73. The highest BCUT2D eigenvalue weighted by atomic mass is 16.5. The van der Waals surface area contributed by atoms with Gasteiger partial charge in [-0.15, -0.1) is 0 Å². The van der Waals surface area contributed by atoms with Gasteiger partial charge in [0, 0.05) is 11.9 Å². The first-order valence-corrected chi connectivity index (χ1v) is 8.93. The number of anilines is 3. The highest BCUT2D eigenvalue weighted by Crippen LogP contribution is 2.50. The van der Waals surface area contributed by atoms with Crippen LogP contribution in [0.4, 0.5) is 22.7 Å². The van der Waals surface area contributed by atoms with E-state index in [4.69, 9.17) is 11.3 Å². The van der Waals surface area contributed by atoms with Crippen molar-refractivity contribution in [1.82, 2.24) is 4.98 Å². The van der Waals surface area contributed by atoms with Gasteiger partial charge in [-0.1, -0.05) is 36.4 Å². The number of pyridine rings is 1. The number of para-hydroxylation sites is 4. The first-order valence-electron chi connectivity index (χ1n) is 8.93. The monoisotopic (exact) mass is 361 g/mol. The minimum Gasteiger partial charge on any atom is -0.453 e. The van der Waals surface area contributed by atoms with Crippen LogP contribution < -0.4 is 9.64 Å². The first-order chi connectivity index (χ1) is 13.8. The summed E-state index contributed by atoms with van der Waals surface area (Å²) in [6.07, 6.45) is 1.67. The first kappa shape index (κ1) is 16.1. The van der Waals surface area contributed by atoms with E-state index < -0.39 is 0 Å². The number of hydrogen-bond donors (Lipinski definition) is 0. The zero-order valence-electron chi connectivity index (χ0n) is 14.9. The van der Waals surface area contributed by atoms with Gasteiger partial charge in [-0.05, 0) is 54.1 Å². The summed E-state index contributed by atoms with van der Waals surface area (Å²) in [5.74, 6) is 1.66. The molecule has 4 nitrogen and oxygen atoms in total. The van der Waals surface area contributed by atoms with Gasteiger partial charge in [-0.3, -0.25) is 4.98 Å². The largest absolute Gasteiger partial charge is 0.453 e. The molecule has 132 valence electrons. The summed E-state index contributed by atoms with van der Waals surface area (Å²) in [6, 6.07) is 27.8. The van der Waals surface area contributed by atoms with Crippen molar-refractivity contribution in [1.29, 1.82) is 0 Å². The average molecular weight is 361 g/mol. The predicted molar refractivity (Wildman–Crippen MR) is 111 cm³/mol. The molecule has 2 heterocycles. The van der Waals surface area contributed by atoms with Crippen LogP contribution in [0, 0.1) is 6.57 Å². The molecule has 4 aromatic rings. The van der Waals surface area contributed by atoms with Crippen LogP contribution in [0.5, 0.6) is 11.5 Å². The second-order valence-electron chi connectivity index (χ2n) is 6.43. The lowest BCUT2D eigenvalue weighted by atomic mass is 10.1. The Kier molecular flexibility index (Phi) is 3.78. The molecule has 0 unspecified atom stereocenters. The van der Waals surface area contributed by atoms with Crippen molar-refractivity contribution in [2.75, 3.05) is 4.90 Å². The van der Waals surface area contributed by atoms with Crippen molar-refractivity contribution in [2.45, 2.75) is 0 Å². The van der Waals surface area contributed by atoms with E-state index in [2.05, 4.69) is 39.0 Å². The average Bonchev–Trinajstić information content (AvgIpc) is 2.77. The van der Waals surface area contributed by atoms with Crippen LogP contribution in [0.25, 0.3) is 16.1 Å². The molecular weight excluding hydrogens is 346 g/mol. The quantitative estimate of drug-likeness (QED) is 0.321. The Hall–Kier alpha value is -4.10. The van der Waals surface area contributed by atoms with Crippen LogP contribution in [-0.2, 0) is 0 Å². The highest BCUT2D eigenvalue weighted by molar-refractivity contribution is 5.86. The molecule has 0 radical (unpaired) electrons. The van der Waals surface area contributed by atoms with Crippen molar-refractivity contribution in [3.8, 4) is 22.8 Å². The van der Waals surface area contributed by atoms with E-state index in [-0.39, 0.29) is 0 Å². The van der Waals surface area contributed by atoms with E-state index in [9.17, 15) is 0 Å². The molecule has 0 bridgehead atoms. The molecule has 0 spiro atoms. The molecule has 3 aromatic carbocycles. The summed E-state index contributed by atoms with van der Waals surface area (Å²) in [5.41, 5.74) is 5.40. The molecular formula is C24H15N3O. The van der Waals surface area contributed by atoms with Crippen LogP contribution in [0.1, 0.15) is 0 Å². The van der Waals surface area contributed by atoms with Crippen LogP contribution in [0.15, 0.2) is 91.1 Å². The second-order valence-corrected chi connectivity index (χ2v) is 6.43. The van der Waals surface area contributed by atoms with Crippen molar-refractivity contribution >= 4 is 22.7 Å². The fraction of sp³-hybridized carbons (Fsp3) is 0. The molecule has 0 amide bonds. The molecule has 28 heavy (non-hydrogen) atoms. The van der Waals surface area contributed by atoms with Crippen LogP contribution in [0.3, 0.4) is 0 Å². The molecule has 1 aromatic heterocycles. The van der Waals surface area contributed by atoms with Gasteiger partial charge in [0.25, 0.3) is 0 Å². The van der Waals surface area contributed by atoms with E-state index in [1.54, 1.807) is 18.3 Å². The lowest BCUT2D eigenvalue weighted by Gasteiger charge is -2.32. The molecule has 5 rings (SSSR count). The topological polar surface area (TPSA) is 29.7 Å². The maximum atomic E-state index is 7.19. The Balaban J connectivity index is 1.59. The lowest BCUT2D eigenvalue weighted by Crippen LogP contribution is -2.15. The maximum Gasteiger partial charge on any atom is 0.190 e. The number of aromatic nitrogens is 1. The van der Waals surface area contributed by atoms with Crippen molar-refractivity contribution in [3.05, 3.63) is 103 Å². The number of benzene rings is 3. The Morgan fingerprint density at radius 3 is 2.07 bits per heavy atom. The molecule has 4 heteroatoms. The van der Waals surface area contributed by atoms with Gasteiger partial charge in [-0.2, -0.15) is 0 Å². The minimum atomic E-state index is 0.588. The molecule has 0 fully saturated rings. The Morgan fingerprint density at radius 2 is 1.43 bits per heavy atom. The summed E-state index contributed by atoms with van der Waals surface area (Å²) < 4.78 is 6.07. The zero-order valence-corrected chi connectivity index (χ0v) is 14.9. The van der Waals surface area contributed by atoms with Gasteiger partial charge in [0.1, 0.15) is 0 Å². The zero-order chi connectivity index (χ0) is 18.9. The van der Waals surface area contributed by atoms with Gasteiger partial charge < -0.3 is 9.64 Å². The van der Waals surface area contributed by atoms with E-state index in [1.165, 1.54) is 0 Å². The van der Waals surface area contributed by atoms with Gasteiger partial charge >= 0.3 is 0 Å². The fourth-order valence-corrected chi connectivity index (χ4v) is 3.41. The van der Waals surface area contributed by atoms with Crippen LogP contribution in [0.2, 0.25) is 0 Å². The Bertz CT molecular complexity index is 1160. The summed E-state index contributed by atoms with van der Waals surface area (Å²) in [5, 5.41) is 0. The van der Waals surface area contributed by atoms with Crippen molar-refractivity contribution < 1.29 is 4.74 Å². The fourth-order valence-electron chi connectivity index (χ4n) is 3.41. The molecule has 0 N–H and O–H groups in total. The molecule has 0 saturated heterocycles. The number of rotatable bonds is 2. The minimum absolute atomic E-state index is 0.588. The van der Waals surface area contributed by atoms with E-state index in [0.29, 0.717) is 5.69 Å². The molecule has 0 aliphatic carbocycles. The SMILES string of the molecule is [C-]#[N+]c1ccnc(-c2ccc(N3c4ccccc4Oc4ccccc43)cc2)c1. The van der Waals surface area contributed by atoms with Crippen molar-refractivity contribution in [3.63, 3.8) is 0 Å². The van der Waals surface area contributed by atoms with E-state index in [1.807, 2.05) is 48.5 Å². The van der Waals surface area contributed by atoms with Crippen LogP contribution >= 0.6 is 0 Å². The predicted octanol–water partition coefficient (Wildman–Crippen LogP) is 6.87. The smallest absolute Gasteiger partial charge is 0.190 e. The second kappa shape index (κ2) is 6.57. The van der Waals surface area contributed by atoms with Crippen molar-refractivity contribution in [2.24, 2.45) is 0 Å². The van der Waals surface area contributed by atoms with Gasteiger partial charge in [0.15, 0.2) is 17.2 Å². The Labute approximate surface area is 163 Å². The molecule has 1 aliphatic rings. The van der Waals surface area contributed by atoms with Crippen LogP contribution in [-0.4, -0.2) is 4.98 Å². The normalized spacial score (nSPS) is 11.8. The standard InChI is InChI=1S/C24H15N3O/c1-25-18-14-15-26-20(16-18)17-10-12-19(13-11-17)27-21-6-2-4-8-23(21)28-24-9-5-3-7-22(24)27/h2-16H. The number of hydrogen-bond acceptors (Lipinski definition) is 3.